The molecular weight excluding hydrogens is 415 g/mol. The number of nitrogens with zero attached hydrogens (tertiary/aromatic N) is 4. The quantitative estimate of drug-likeness (QED) is 0.483. The number of rotatable bonds is 5. The van der Waals surface area contributed by atoms with Crippen LogP contribution in [0.4, 0.5) is 18.9 Å². The fraction of sp³-hybridized carbons (Fsp3) is 0.176. The fourth-order valence-electron chi connectivity index (χ4n) is 2.26. The lowest BCUT2D eigenvalue weighted by Crippen LogP contribution is -2.15. The fourth-order valence-corrected chi connectivity index (χ4v) is 3.08. The predicted molar refractivity (Wildman–Crippen MR) is 99.7 cm³/mol. The minimum atomic E-state index is -4.53. The first-order valence-electron chi connectivity index (χ1n) is 7.86. The zero-order chi connectivity index (χ0) is 20.3. The molecule has 0 atom stereocenters. The second-order valence-corrected chi connectivity index (χ2v) is 7.03. The van der Waals surface area contributed by atoms with Gasteiger partial charge in [0.05, 0.1) is 22.0 Å². The first-order chi connectivity index (χ1) is 13.2. The molecule has 0 spiro atoms. The molecule has 0 fully saturated rings. The van der Waals surface area contributed by atoms with Gasteiger partial charge in [-0.05, 0) is 31.2 Å². The molecule has 1 aromatic carbocycles. The summed E-state index contributed by atoms with van der Waals surface area (Å²) in [6.45, 7) is 1.87. The van der Waals surface area contributed by atoms with Gasteiger partial charge in [-0.25, -0.2) is 14.6 Å². The van der Waals surface area contributed by atoms with Crippen molar-refractivity contribution in [1.29, 1.82) is 0 Å². The number of hydrogen-bond donors (Lipinski definition) is 1. The van der Waals surface area contributed by atoms with Crippen molar-refractivity contribution in [3.05, 3.63) is 59.1 Å². The third kappa shape index (κ3) is 4.82. The van der Waals surface area contributed by atoms with Gasteiger partial charge in [0.2, 0.25) is 5.91 Å². The van der Waals surface area contributed by atoms with Crippen molar-refractivity contribution in [2.24, 2.45) is 0 Å². The summed E-state index contributed by atoms with van der Waals surface area (Å²) in [6.07, 6.45) is -1.54. The van der Waals surface area contributed by atoms with Gasteiger partial charge in [-0.3, -0.25) is 4.79 Å². The average molecular weight is 428 g/mol. The molecule has 0 saturated carbocycles. The molecule has 28 heavy (non-hydrogen) atoms. The van der Waals surface area contributed by atoms with Crippen LogP contribution in [0.25, 0.3) is 5.82 Å². The maximum Gasteiger partial charge on any atom is 0.416 e. The number of hydrogen-bond acceptors (Lipinski definition) is 5. The van der Waals surface area contributed by atoms with Gasteiger partial charge in [-0.1, -0.05) is 23.4 Å². The lowest BCUT2D eigenvalue weighted by atomic mass is 10.2. The number of aryl methyl sites for hydroxylation is 1. The van der Waals surface area contributed by atoms with Gasteiger partial charge in [-0.15, -0.1) is 0 Å². The number of amides is 1. The second kappa shape index (κ2) is 8.19. The van der Waals surface area contributed by atoms with E-state index in [9.17, 15) is 18.0 Å². The summed E-state index contributed by atoms with van der Waals surface area (Å²) >= 11 is 6.99. The molecule has 3 rings (SSSR count). The average Bonchev–Trinajstić information content (AvgIpc) is 3.07. The smallest absolute Gasteiger partial charge is 0.324 e. The van der Waals surface area contributed by atoms with Crippen LogP contribution in [0.5, 0.6) is 0 Å². The Labute approximate surface area is 167 Å². The second-order valence-electron chi connectivity index (χ2n) is 5.63. The number of halogens is 4. The number of thioether (sulfide) groups is 1. The number of aromatic nitrogens is 4. The normalized spacial score (nSPS) is 11.5. The van der Waals surface area contributed by atoms with Crippen LogP contribution in [0.15, 0.2) is 47.9 Å². The summed E-state index contributed by atoms with van der Waals surface area (Å²) in [5, 5.41) is 7.08. The molecule has 0 bridgehead atoms. The van der Waals surface area contributed by atoms with Crippen LogP contribution in [-0.4, -0.2) is 31.4 Å². The summed E-state index contributed by atoms with van der Waals surface area (Å²) in [5.41, 5.74) is -0.112. The van der Waals surface area contributed by atoms with Crippen LogP contribution >= 0.6 is 23.4 Å². The Hall–Kier alpha value is -2.59. The van der Waals surface area contributed by atoms with Gasteiger partial charge < -0.3 is 5.32 Å². The zero-order valence-corrected chi connectivity index (χ0v) is 15.9. The molecule has 0 aliphatic heterocycles. The SMILES string of the molecule is Cc1ccnn1-c1cc(SCC(=O)Nc2cc(C(F)(F)F)ccc2Cl)ncn1. The molecule has 0 aliphatic carbocycles. The highest BCUT2D eigenvalue weighted by Gasteiger charge is 2.31. The van der Waals surface area contributed by atoms with Gasteiger partial charge >= 0.3 is 6.18 Å². The molecule has 6 nitrogen and oxygen atoms in total. The Morgan fingerprint density at radius 3 is 2.71 bits per heavy atom. The van der Waals surface area contributed by atoms with Crippen molar-refractivity contribution in [3.8, 4) is 5.82 Å². The van der Waals surface area contributed by atoms with Gasteiger partial charge in [0, 0.05) is 18.0 Å². The maximum atomic E-state index is 12.8. The van der Waals surface area contributed by atoms with Gasteiger partial charge in [-0.2, -0.15) is 18.3 Å². The van der Waals surface area contributed by atoms with Crippen molar-refractivity contribution in [2.45, 2.75) is 18.1 Å². The van der Waals surface area contributed by atoms with Crippen LogP contribution in [-0.2, 0) is 11.0 Å². The molecule has 1 amide bonds. The van der Waals surface area contributed by atoms with Gasteiger partial charge in [0.25, 0.3) is 0 Å². The molecule has 146 valence electrons. The zero-order valence-electron chi connectivity index (χ0n) is 14.4. The minimum absolute atomic E-state index is 0.0184. The molecule has 11 heteroatoms. The number of anilines is 1. The predicted octanol–water partition coefficient (Wildman–Crippen LogP) is 4.37. The van der Waals surface area contributed by atoms with E-state index in [1.165, 1.54) is 6.33 Å². The lowest BCUT2D eigenvalue weighted by Gasteiger charge is -2.11. The Morgan fingerprint density at radius 1 is 1.25 bits per heavy atom. The van der Waals surface area contributed by atoms with Crippen LogP contribution in [0.3, 0.4) is 0 Å². The third-order valence-corrected chi connectivity index (χ3v) is 4.85. The van der Waals surface area contributed by atoms with Gasteiger partial charge in [0.1, 0.15) is 11.4 Å². The molecule has 3 aromatic rings. The number of nitrogens with one attached hydrogen (secondary N) is 1. The van der Waals surface area contributed by atoms with Crippen molar-refractivity contribution < 1.29 is 18.0 Å². The standard InChI is InChI=1S/C17H13ClF3N5OS/c1-10-4-5-24-26(10)14-7-16(23-9-22-14)28-8-15(27)25-13-6-11(17(19,20)21)2-3-12(13)18/h2-7,9H,8H2,1H3,(H,25,27). The maximum absolute atomic E-state index is 12.8. The van der Waals surface area contributed by atoms with E-state index in [2.05, 4.69) is 20.4 Å². The summed E-state index contributed by atoms with van der Waals surface area (Å²) < 4.78 is 40.0. The summed E-state index contributed by atoms with van der Waals surface area (Å²) in [7, 11) is 0. The van der Waals surface area contributed by atoms with Crippen LogP contribution in [0.1, 0.15) is 11.3 Å². The molecular formula is C17H13ClF3N5OS. The highest BCUT2D eigenvalue weighted by molar-refractivity contribution is 7.99. The van der Waals surface area contributed by atoms with E-state index in [1.807, 2.05) is 13.0 Å². The third-order valence-electron chi connectivity index (χ3n) is 3.60. The van der Waals surface area contributed by atoms with E-state index in [0.717, 1.165) is 35.7 Å². The monoisotopic (exact) mass is 427 g/mol. The van der Waals surface area contributed by atoms with Crippen molar-refractivity contribution in [2.75, 3.05) is 11.1 Å². The molecule has 2 heterocycles. The minimum Gasteiger partial charge on any atom is -0.324 e. The molecule has 2 aromatic heterocycles. The Kier molecular flexibility index (Phi) is 5.90. The number of alkyl halides is 3. The summed E-state index contributed by atoms with van der Waals surface area (Å²) in [6, 6.07) is 6.23. The highest BCUT2D eigenvalue weighted by atomic mass is 35.5. The molecule has 0 saturated heterocycles. The van der Waals surface area contributed by atoms with Crippen LogP contribution in [0, 0.1) is 6.92 Å². The number of carbonyl (C=O) groups excluding carboxylic acids is 1. The first kappa shape index (κ1) is 20.2. The first-order valence-corrected chi connectivity index (χ1v) is 9.23. The number of carbonyl (C=O) groups is 1. The van der Waals surface area contributed by atoms with Crippen molar-refractivity contribution in [3.63, 3.8) is 0 Å². The number of benzene rings is 1. The van der Waals surface area contributed by atoms with E-state index >= 15 is 0 Å². The Bertz CT molecular complexity index is 1010. The topological polar surface area (TPSA) is 72.7 Å². The summed E-state index contributed by atoms with van der Waals surface area (Å²) in [4.78, 5) is 20.3. The van der Waals surface area contributed by atoms with Crippen molar-refractivity contribution >= 4 is 35.0 Å². The van der Waals surface area contributed by atoms with E-state index < -0.39 is 17.6 Å². The van der Waals surface area contributed by atoms with Gasteiger partial charge in [0.15, 0.2) is 5.82 Å². The van der Waals surface area contributed by atoms with E-state index in [0.29, 0.717) is 10.8 Å². The van der Waals surface area contributed by atoms with E-state index in [4.69, 9.17) is 11.6 Å². The van der Waals surface area contributed by atoms with E-state index in [-0.39, 0.29) is 16.5 Å². The van der Waals surface area contributed by atoms with Crippen LogP contribution in [0.2, 0.25) is 5.02 Å². The Balaban J connectivity index is 1.66. The summed E-state index contributed by atoms with van der Waals surface area (Å²) in [5.74, 6) is -0.0378. The molecule has 0 aliphatic rings. The molecule has 0 radical (unpaired) electrons. The molecule has 1 N–H and O–H groups in total. The van der Waals surface area contributed by atoms with Crippen molar-refractivity contribution in [1.82, 2.24) is 19.7 Å². The lowest BCUT2D eigenvalue weighted by molar-refractivity contribution is -0.137. The molecule has 0 unspecified atom stereocenters. The Morgan fingerprint density at radius 2 is 2.04 bits per heavy atom. The van der Waals surface area contributed by atoms with E-state index in [1.54, 1.807) is 16.9 Å². The largest absolute Gasteiger partial charge is 0.416 e. The van der Waals surface area contributed by atoms with Crippen LogP contribution < -0.4 is 5.32 Å². The highest BCUT2D eigenvalue weighted by Crippen LogP contribution is 2.34.